The number of hydrogen-bond donors (Lipinski definition) is 2. The van der Waals surface area contributed by atoms with Crippen molar-refractivity contribution < 1.29 is 9.59 Å². The SMILES string of the molecule is Cc1cc(C)n(CC(=O)NNC(=O)c2cccc3cccnc23)n1. The molecule has 24 heavy (non-hydrogen) atoms. The van der Waals surface area contributed by atoms with Crippen molar-refractivity contribution in [2.45, 2.75) is 20.4 Å². The first-order valence-electron chi connectivity index (χ1n) is 7.48. The summed E-state index contributed by atoms with van der Waals surface area (Å²) in [7, 11) is 0. The monoisotopic (exact) mass is 323 g/mol. The fourth-order valence-corrected chi connectivity index (χ4v) is 2.49. The molecule has 0 aliphatic carbocycles. The molecule has 2 N–H and O–H groups in total. The minimum Gasteiger partial charge on any atom is -0.271 e. The molecular weight excluding hydrogens is 306 g/mol. The van der Waals surface area contributed by atoms with Crippen LogP contribution in [0.3, 0.4) is 0 Å². The summed E-state index contributed by atoms with van der Waals surface area (Å²) in [5, 5.41) is 5.07. The molecule has 7 heteroatoms. The van der Waals surface area contributed by atoms with Gasteiger partial charge in [0.25, 0.3) is 11.8 Å². The standard InChI is InChI=1S/C17H17N5O2/c1-11-9-12(2)22(21-11)10-15(23)19-20-17(24)14-7-3-5-13-6-4-8-18-16(13)14/h3-9H,10H2,1-2H3,(H,19,23)(H,20,24). The maximum Gasteiger partial charge on any atom is 0.271 e. The van der Waals surface area contributed by atoms with Crippen LogP contribution in [-0.2, 0) is 11.3 Å². The van der Waals surface area contributed by atoms with Crippen LogP contribution in [0.1, 0.15) is 21.7 Å². The van der Waals surface area contributed by atoms with Crippen LogP contribution in [0, 0.1) is 13.8 Å². The predicted octanol–water partition coefficient (Wildman–Crippen LogP) is 1.51. The number of benzene rings is 1. The number of rotatable bonds is 3. The van der Waals surface area contributed by atoms with Gasteiger partial charge in [-0.05, 0) is 32.0 Å². The highest BCUT2D eigenvalue weighted by molar-refractivity contribution is 6.05. The Bertz CT molecular complexity index is 911. The molecule has 0 saturated heterocycles. The lowest BCUT2D eigenvalue weighted by molar-refractivity contribution is -0.122. The lowest BCUT2D eigenvalue weighted by Crippen LogP contribution is -2.43. The molecule has 0 atom stereocenters. The molecule has 0 bridgehead atoms. The zero-order chi connectivity index (χ0) is 17.1. The molecular formula is C17H17N5O2. The van der Waals surface area contributed by atoms with Gasteiger partial charge < -0.3 is 0 Å². The summed E-state index contributed by atoms with van der Waals surface area (Å²) in [4.78, 5) is 28.5. The topological polar surface area (TPSA) is 88.9 Å². The number of nitrogens with one attached hydrogen (secondary N) is 2. The van der Waals surface area contributed by atoms with E-state index in [0.29, 0.717) is 11.1 Å². The maximum absolute atomic E-state index is 12.3. The van der Waals surface area contributed by atoms with Crippen molar-refractivity contribution in [1.82, 2.24) is 25.6 Å². The molecule has 122 valence electrons. The van der Waals surface area contributed by atoms with Crippen LogP contribution in [0.2, 0.25) is 0 Å². The zero-order valence-corrected chi connectivity index (χ0v) is 13.4. The second-order valence-electron chi connectivity index (χ2n) is 5.47. The largest absolute Gasteiger partial charge is 0.271 e. The number of hydrogen-bond acceptors (Lipinski definition) is 4. The van der Waals surface area contributed by atoms with Gasteiger partial charge in [-0.25, -0.2) is 0 Å². The van der Waals surface area contributed by atoms with Crippen molar-refractivity contribution in [3.63, 3.8) is 0 Å². The summed E-state index contributed by atoms with van der Waals surface area (Å²) in [6.07, 6.45) is 1.63. The molecule has 3 aromatic rings. The lowest BCUT2D eigenvalue weighted by Gasteiger charge is -2.09. The van der Waals surface area contributed by atoms with Gasteiger partial charge in [-0.1, -0.05) is 18.2 Å². The first kappa shape index (κ1) is 15.7. The Balaban J connectivity index is 1.66. The van der Waals surface area contributed by atoms with Gasteiger partial charge in [-0.2, -0.15) is 5.10 Å². The van der Waals surface area contributed by atoms with Gasteiger partial charge >= 0.3 is 0 Å². The molecule has 0 spiro atoms. The average Bonchev–Trinajstić information content (AvgIpc) is 2.89. The lowest BCUT2D eigenvalue weighted by atomic mass is 10.1. The van der Waals surface area contributed by atoms with Gasteiger partial charge in [0.05, 0.1) is 16.8 Å². The highest BCUT2D eigenvalue weighted by Gasteiger charge is 2.12. The van der Waals surface area contributed by atoms with Gasteiger partial charge in [0.1, 0.15) is 6.54 Å². The fraction of sp³-hybridized carbons (Fsp3) is 0.176. The Morgan fingerprint density at radius 3 is 2.67 bits per heavy atom. The molecule has 0 aliphatic rings. The van der Waals surface area contributed by atoms with Crippen molar-refractivity contribution in [3.8, 4) is 0 Å². The fourth-order valence-electron chi connectivity index (χ4n) is 2.49. The molecule has 2 aromatic heterocycles. The number of fused-ring (bicyclic) bond motifs is 1. The van der Waals surface area contributed by atoms with E-state index in [0.717, 1.165) is 16.8 Å². The first-order chi connectivity index (χ1) is 11.5. The van der Waals surface area contributed by atoms with E-state index in [9.17, 15) is 9.59 Å². The molecule has 0 aliphatic heterocycles. The summed E-state index contributed by atoms with van der Waals surface area (Å²) in [6, 6.07) is 10.9. The number of aryl methyl sites for hydroxylation is 2. The summed E-state index contributed by atoms with van der Waals surface area (Å²) >= 11 is 0. The summed E-state index contributed by atoms with van der Waals surface area (Å²) < 4.78 is 1.58. The summed E-state index contributed by atoms with van der Waals surface area (Å²) in [5.74, 6) is -0.774. The highest BCUT2D eigenvalue weighted by Crippen LogP contribution is 2.15. The molecule has 7 nitrogen and oxygen atoms in total. The van der Waals surface area contributed by atoms with Crippen molar-refractivity contribution in [3.05, 3.63) is 59.5 Å². The second kappa shape index (κ2) is 6.49. The number of pyridine rings is 1. The van der Waals surface area contributed by atoms with Crippen molar-refractivity contribution in [2.24, 2.45) is 0 Å². The smallest absolute Gasteiger partial charge is 0.271 e. The summed E-state index contributed by atoms with van der Waals surface area (Å²) in [6.45, 7) is 3.76. The molecule has 0 fully saturated rings. The molecule has 2 heterocycles. The van der Waals surface area contributed by atoms with Crippen LogP contribution in [-0.4, -0.2) is 26.6 Å². The molecule has 0 unspecified atom stereocenters. The average molecular weight is 323 g/mol. The Morgan fingerprint density at radius 1 is 1.12 bits per heavy atom. The van der Waals surface area contributed by atoms with Gasteiger partial charge in [-0.15, -0.1) is 0 Å². The van der Waals surface area contributed by atoms with E-state index in [1.54, 1.807) is 29.1 Å². The van der Waals surface area contributed by atoms with Crippen LogP contribution in [0.15, 0.2) is 42.6 Å². The van der Waals surface area contributed by atoms with Gasteiger partial charge in [-0.3, -0.25) is 30.1 Å². The number of para-hydroxylation sites is 1. The van der Waals surface area contributed by atoms with E-state index in [-0.39, 0.29) is 12.5 Å². The Labute approximate surface area is 138 Å². The molecule has 1 aromatic carbocycles. The Kier molecular flexibility index (Phi) is 4.24. The van der Waals surface area contributed by atoms with E-state index in [4.69, 9.17) is 0 Å². The predicted molar refractivity (Wildman–Crippen MR) is 89.1 cm³/mol. The minimum absolute atomic E-state index is 0.0355. The third-order valence-electron chi connectivity index (χ3n) is 3.59. The van der Waals surface area contributed by atoms with Crippen LogP contribution >= 0.6 is 0 Å². The molecule has 0 saturated carbocycles. The third-order valence-corrected chi connectivity index (χ3v) is 3.59. The van der Waals surface area contributed by atoms with E-state index in [1.807, 2.05) is 32.0 Å². The number of carbonyl (C=O) groups is 2. The second-order valence-corrected chi connectivity index (χ2v) is 5.47. The number of aromatic nitrogens is 3. The van der Waals surface area contributed by atoms with E-state index < -0.39 is 5.91 Å². The van der Waals surface area contributed by atoms with Crippen LogP contribution < -0.4 is 10.9 Å². The van der Waals surface area contributed by atoms with Crippen molar-refractivity contribution in [1.29, 1.82) is 0 Å². The van der Waals surface area contributed by atoms with E-state index in [2.05, 4.69) is 20.9 Å². The van der Waals surface area contributed by atoms with Crippen LogP contribution in [0.25, 0.3) is 10.9 Å². The zero-order valence-electron chi connectivity index (χ0n) is 13.4. The Hall–Kier alpha value is -3.22. The highest BCUT2D eigenvalue weighted by atomic mass is 16.2. The van der Waals surface area contributed by atoms with E-state index >= 15 is 0 Å². The number of nitrogens with zero attached hydrogens (tertiary/aromatic N) is 3. The number of amides is 2. The molecule has 0 radical (unpaired) electrons. The normalized spacial score (nSPS) is 10.6. The van der Waals surface area contributed by atoms with Crippen LogP contribution in [0.4, 0.5) is 0 Å². The summed E-state index contributed by atoms with van der Waals surface area (Å²) in [5.41, 5.74) is 7.53. The Morgan fingerprint density at radius 2 is 1.92 bits per heavy atom. The number of carbonyl (C=O) groups excluding carboxylic acids is 2. The molecule has 2 amide bonds. The number of hydrazine groups is 1. The van der Waals surface area contributed by atoms with Gasteiger partial charge in [0, 0.05) is 17.3 Å². The van der Waals surface area contributed by atoms with Crippen molar-refractivity contribution >= 4 is 22.7 Å². The van der Waals surface area contributed by atoms with Crippen molar-refractivity contribution in [2.75, 3.05) is 0 Å². The van der Waals surface area contributed by atoms with Gasteiger partial charge in [0.15, 0.2) is 0 Å². The van der Waals surface area contributed by atoms with Crippen LogP contribution in [0.5, 0.6) is 0 Å². The van der Waals surface area contributed by atoms with E-state index in [1.165, 1.54) is 0 Å². The first-order valence-corrected chi connectivity index (χ1v) is 7.48. The van der Waals surface area contributed by atoms with Gasteiger partial charge in [0.2, 0.25) is 0 Å². The minimum atomic E-state index is -0.416. The quantitative estimate of drug-likeness (QED) is 0.715. The third kappa shape index (κ3) is 3.24. The maximum atomic E-state index is 12.3. The molecule has 3 rings (SSSR count).